The first kappa shape index (κ1) is 25.1. The minimum absolute atomic E-state index is 0.663. The topological polar surface area (TPSA) is 43.9 Å². The average Bonchev–Trinajstić information content (AvgIpc) is 3.67. The van der Waals surface area contributed by atoms with Gasteiger partial charge in [0.25, 0.3) is 0 Å². The van der Waals surface area contributed by atoms with E-state index in [-0.39, 0.29) is 0 Å². The molecule has 3 aromatic heterocycles. The van der Waals surface area contributed by atoms with Crippen molar-refractivity contribution in [3.8, 4) is 28.3 Å². The maximum Gasteiger partial charge on any atom is 0.235 e. The predicted molar refractivity (Wildman–Crippen MR) is 190 cm³/mol. The molecule has 0 bridgehead atoms. The van der Waals surface area contributed by atoms with E-state index in [4.69, 9.17) is 14.4 Å². The Balaban J connectivity index is 1.22. The minimum atomic E-state index is 0.663. The molecular weight excluding hydrogens is 562 g/mol. The van der Waals surface area contributed by atoms with Crippen molar-refractivity contribution < 1.29 is 4.42 Å². The molecule has 0 aliphatic rings. The SMILES string of the molecule is c1ccc(-c2nc(-n3c4ccccc4c4c5ccc(-c6cccc7c6oc6ccccc67)cc5ccc43)nc3ccccc23)cc1. The zero-order chi connectivity index (χ0) is 30.2. The molecule has 10 aromatic rings. The lowest BCUT2D eigenvalue weighted by molar-refractivity contribution is 0.670. The highest BCUT2D eigenvalue weighted by Crippen LogP contribution is 2.40. The van der Waals surface area contributed by atoms with Crippen LogP contribution in [0.25, 0.3) is 93.8 Å². The zero-order valence-electron chi connectivity index (χ0n) is 24.7. The maximum atomic E-state index is 6.39. The first-order valence-electron chi connectivity index (χ1n) is 15.5. The summed E-state index contributed by atoms with van der Waals surface area (Å²) in [5, 5.41) is 8.05. The summed E-state index contributed by atoms with van der Waals surface area (Å²) >= 11 is 0. The normalized spacial score (nSPS) is 11.9. The number of hydrogen-bond acceptors (Lipinski definition) is 3. The van der Waals surface area contributed by atoms with E-state index in [1.807, 2.05) is 30.3 Å². The van der Waals surface area contributed by atoms with Gasteiger partial charge in [0.1, 0.15) is 11.2 Å². The molecule has 4 heteroatoms. The Morgan fingerprint density at radius 1 is 0.478 bits per heavy atom. The van der Waals surface area contributed by atoms with Crippen molar-refractivity contribution in [3.05, 3.63) is 152 Å². The molecule has 0 radical (unpaired) electrons. The molecule has 0 aliphatic heterocycles. The highest BCUT2D eigenvalue weighted by Gasteiger charge is 2.19. The monoisotopic (exact) mass is 587 g/mol. The highest BCUT2D eigenvalue weighted by atomic mass is 16.3. The van der Waals surface area contributed by atoms with Gasteiger partial charge in [0.05, 0.1) is 22.2 Å². The molecule has 3 heterocycles. The van der Waals surface area contributed by atoms with Gasteiger partial charge in [0.15, 0.2) is 0 Å². The molecule has 46 heavy (non-hydrogen) atoms. The van der Waals surface area contributed by atoms with Gasteiger partial charge in [-0.1, -0.05) is 121 Å². The summed E-state index contributed by atoms with van der Waals surface area (Å²) in [5.41, 5.74) is 9.13. The van der Waals surface area contributed by atoms with Crippen LogP contribution in [-0.4, -0.2) is 14.5 Å². The summed E-state index contributed by atoms with van der Waals surface area (Å²) < 4.78 is 8.60. The number of rotatable bonds is 3. The number of hydrogen-bond donors (Lipinski definition) is 0. The minimum Gasteiger partial charge on any atom is -0.455 e. The summed E-state index contributed by atoms with van der Waals surface area (Å²) in [4.78, 5) is 10.4. The third-order valence-electron chi connectivity index (χ3n) is 9.21. The first-order chi connectivity index (χ1) is 22.8. The van der Waals surface area contributed by atoms with Gasteiger partial charge in [-0.25, -0.2) is 9.97 Å². The molecule has 0 saturated carbocycles. The van der Waals surface area contributed by atoms with E-state index in [1.54, 1.807) is 0 Å². The second kappa shape index (κ2) is 9.62. The second-order valence-corrected chi connectivity index (χ2v) is 11.8. The summed E-state index contributed by atoms with van der Waals surface area (Å²) in [6.45, 7) is 0. The quantitative estimate of drug-likeness (QED) is 0.207. The van der Waals surface area contributed by atoms with Gasteiger partial charge in [-0.3, -0.25) is 4.57 Å². The predicted octanol–water partition coefficient (Wildman–Crippen LogP) is 11.1. The van der Waals surface area contributed by atoms with Crippen molar-refractivity contribution in [2.75, 3.05) is 0 Å². The molecular formula is C42H25N3O. The van der Waals surface area contributed by atoms with Gasteiger partial charge in [0.2, 0.25) is 5.95 Å². The Bertz CT molecular complexity index is 2810. The number of benzene rings is 7. The molecule has 214 valence electrons. The summed E-state index contributed by atoms with van der Waals surface area (Å²) in [5.74, 6) is 0.663. The second-order valence-electron chi connectivity index (χ2n) is 11.8. The van der Waals surface area contributed by atoms with Crippen molar-refractivity contribution in [1.82, 2.24) is 14.5 Å². The van der Waals surface area contributed by atoms with Crippen LogP contribution in [0.5, 0.6) is 0 Å². The number of para-hydroxylation sites is 4. The molecule has 0 unspecified atom stereocenters. The number of furan rings is 1. The smallest absolute Gasteiger partial charge is 0.235 e. The molecule has 0 N–H and O–H groups in total. The van der Waals surface area contributed by atoms with Crippen LogP contribution in [0.15, 0.2) is 156 Å². The van der Waals surface area contributed by atoms with Crippen LogP contribution in [0.3, 0.4) is 0 Å². The number of fused-ring (bicyclic) bond motifs is 9. The molecule has 0 atom stereocenters. The fraction of sp³-hybridized carbons (Fsp3) is 0. The van der Waals surface area contributed by atoms with Gasteiger partial charge >= 0.3 is 0 Å². The van der Waals surface area contributed by atoms with Gasteiger partial charge in [-0.15, -0.1) is 0 Å². The fourth-order valence-electron chi connectivity index (χ4n) is 7.14. The summed E-state index contributed by atoms with van der Waals surface area (Å²) in [7, 11) is 0. The van der Waals surface area contributed by atoms with Gasteiger partial charge in [-0.2, -0.15) is 0 Å². The van der Waals surface area contributed by atoms with Crippen LogP contribution in [0, 0.1) is 0 Å². The fourth-order valence-corrected chi connectivity index (χ4v) is 7.14. The van der Waals surface area contributed by atoms with Crippen LogP contribution in [-0.2, 0) is 0 Å². The number of nitrogens with zero attached hydrogens (tertiary/aromatic N) is 3. The van der Waals surface area contributed by atoms with E-state index in [1.165, 1.54) is 21.5 Å². The van der Waals surface area contributed by atoms with Gasteiger partial charge < -0.3 is 4.42 Å². The van der Waals surface area contributed by atoms with Crippen molar-refractivity contribution in [2.24, 2.45) is 0 Å². The summed E-state index contributed by atoms with van der Waals surface area (Å²) in [6, 6.07) is 53.0. The zero-order valence-corrected chi connectivity index (χ0v) is 24.7. The van der Waals surface area contributed by atoms with Crippen molar-refractivity contribution in [1.29, 1.82) is 0 Å². The Kier molecular flexibility index (Phi) is 5.25. The molecule has 0 spiro atoms. The average molecular weight is 588 g/mol. The molecule has 0 amide bonds. The van der Waals surface area contributed by atoms with E-state index in [9.17, 15) is 0 Å². The third-order valence-corrected chi connectivity index (χ3v) is 9.21. The van der Waals surface area contributed by atoms with Gasteiger partial charge in [0, 0.05) is 38.1 Å². The van der Waals surface area contributed by atoms with E-state index >= 15 is 0 Å². The van der Waals surface area contributed by atoms with E-state index in [2.05, 4.69) is 126 Å². The Labute approximate surface area is 263 Å². The van der Waals surface area contributed by atoms with Crippen molar-refractivity contribution >= 4 is 65.4 Å². The molecule has 0 aliphatic carbocycles. The third kappa shape index (κ3) is 3.61. The Hall–Kier alpha value is -6.26. The maximum absolute atomic E-state index is 6.39. The first-order valence-corrected chi connectivity index (χ1v) is 15.5. The number of aromatic nitrogens is 3. The molecule has 7 aromatic carbocycles. The largest absolute Gasteiger partial charge is 0.455 e. The standard InChI is InChI=1S/C42H25N3O/c1-2-11-26(12-3-1)40-33-14-4-7-18-35(33)43-42(44-40)45-36-19-8-5-15-34(36)39-29-23-21-28(25-27(29)22-24-37(39)45)30-16-10-17-32-31-13-6-9-20-38(31)46-41(30)32/h1-25H. The van der Waals surface area contributed by atoms with Crippen LogP contribution < -0.4 is 0 Å². The lowest BCUT2D eigenvalue weighted by atomic mass is 9.97. The van der Waals surface area contributed by atoms with Crippen LogP contribution in [0.2, 0.25) is 0 Å². The van der Waals surface area contributed by atoms with E-state index in [0.29, 0.717) is 5.95 Å². The lowest BCUT2D eigenvalue weighted by Crippen LogP contribution is -2.03. The Morgan fingerprint density at radius 2 is 1.24 bits per heavy atom. The molecule has 4 nitrogen and oxygen atoms in total. The molecule has 0 saturated heterocycles. The van der Waals surface area contributed by atoms with E-state index < -0.39 is 0 Å². The van der Waals surface area contributed by atoms with Crippen LogP contribution in [0.1, 0.15) is 0 Å². The Morgan fingerprint density at radius 3 is 2.15 bits per heavy atom. The lowest BCUT2D eigenvalue weighted by Gasteiger charge is -2.12. The highest BCUT2D eigenvalue weighted by molar-refractivity contribution is 6.22. The molecule has 0 fully saturated rings. The summed E-state index contributed by atoms with van der Waals surface area (Å²) in [6.07, 6.45) is 0. The van der Waals surface area contributed by atoms with Crippen LogP contribution >= 0.6 is 0 Å². The van der Waals surface area contributed by atoms with E-state index in [0.717, 1.165) is 66.3 Å². The van der Waals surface area contributed by atoms with Gasteiger partial charge in [-0.05, 0) is 46.7 Å². The van der Waals surface area contributed by atoms with Crippen molar-refractivity contribution in [3.63, 3.8) is 0 Å². The van der Waals surface area contributed by atoms with Crippen LogP contribution in [0.4, 0.5) is 0 Å². The molecule has 10 rings (SSSR count). The van der Waals surface area contributed by atoms with Crippen molar-refractivity contribution in [2.45, 2.75) is 0 Å².